The molecule has 0 spiro atoms. The van der Waals surface area contributed by atoms with Gasteiger partial charge in [-0.3, -0.25) is 4.79 Å². The van der Waals surface area contributed by atoms with Gasteiger partial charge in [-0.1, -0.05) is 24.3 Å². The van der Waals surface area contributed by atoms with Gasteiger partial charge < -0.3 is 10.1 Å². The van der Waals surface area contributed by atoms with E-state index in [1.165, 1.54) is 0 Å². The Balaban J connectivity index is 1.72. The van der Waals surface area contributed by atoms with Crippen molar-refractivity contribution in [1.29, 1.82) is 0 Å². The minimum Gasteiger partial charge on any atom is -0.494 e. The number of hydrogen-bond donors (Lipinski definition) is 1. The Morgan fingerprint density at radius 1 is 1.19 bits per heavy atom. The van der Waals surface area contributed by atoms with E-state index in [0.29, 0.717) is 18.7 Å². The number of para-hydroxylation sites is 1. The van der Waals surface area contributed by atoms with Crippen LogP contribution in [0.2, 0.25) is 0 Å². The molecule has 21 heavy (non-hydrogen) atoms. The van der Waals surface area contributed by atoms with E-state index >= 15 is 0 Å². The van der Waals surface area contributed by atoms with Gasteiger partial charge in [-0.2, -0.15) is 0 Å². The van der Waals surface area contributed by atoms with Crippen LogP contribution in [0.1, 0.15) is 22.3 Å². The Bertz CT molecular complexity index is 599. The van der Waals surface area contributed by atoms with E-state index < -0.39 is 0 Å². The van der Waals surface area contributed by atoms with Crippen molar-refractivity contribution in [3.05, 3.63) is 64.1 Å². The maximum atomic E-state index is 12.0. The molecule has 0 aromatic heterocycles. The minimum absolute atomic E-state index is 0.0680. The molecule has 0 bridgehead atoms. The summed E-state index contributed by atoms with van der Waals surface area (Å²) in [5.74, 6) is 0.784. The number of aryl methyl sites for hydroxylation is 1. The molecule has 2 aromatic carbocycles. The van der Waals surface area contributed by atoms with E-state index in [-0.39, 0.29) is 5.91 Å². The maximum Gasteiger partial charge on any atom is 0.252 e. The van der Waals surface area contributed by atoms with E-state index in [0.717, 1.165) is 22.2 Å². The van der Waals surface area contributed by atoms with E-state index in [9.17, 15) is 4.79 Å². The maximum absolute atomic E-state index is 12.0. The highest BCUT2D eigenvalue weighted by Crippen LogP contribution is 2.18. The van der Waals surface area contributed by atoms with Gasteiger partial charge in [-0.25, -0.2) is 0 Å². The first-order valence-corrected chi connectivity index (χ1v) is 7.68. The van der Waals surface area contributed by atoms with Gasteiger partial charge in [0.1, 0.15) is 5.75 Å². The van der Waals surface area contributed by atoms with Crippen LogP contribution in [0, 0.1) is 6.92 Å². The van der Waals surface area contributed by atoms with Gasteiger partial charge in [0.15, 0.2) is 0 Å². The Kier molecular flexibility index (Phi) is 5.81. The first-order chi connectivity index (χ1) is 10.2. The molecular weight excluding hydrogens is 330 g/mol. The van der Waals surface area contributed by atoms with Gasteiger partial charge in [0.05, 0.1) is 12.2 Å². The number of amides is 1. The molecule has 1 N–H and O–H groups in total. The van der Waals surface area contributed by atoms with Crippen molar-refractivity contribution in [2.75, 3.05) is 13.2 Å². The Morgan fingerprint density at radius 3 is 2.67 bits per heavy atom. The van der Waals surface area contributed by atoms with Crippen LogP contribution in [0.4, 0.5) is 0 Å². The summed E-state index contributed by atoms with van der Waals surface area (Å²) in [5.41, 5.74) is 1.78. The van der Waals surface area contributed by atoms with Crippen molar-refractivity contribution < 1.29 is 9.53 Å². The van der Waals surface area contributed by atoms with Crippen molar-refractivity contribution in [3.8, 4) is 5.75 Å². The molecule has 3 nitrogen and oxygen atoms in total. The zero-order valence-corrected chi connectivity index (χ0v) is 13.5. The molecule has 0 aliphatic carbocycles. The van der Waals surface area contributed by atoms with Crippen LogP contribution in [-0.2, 0) is 0 Å². The number of ether oxygens (including phenoxy) is 1. The van der Waals surface area contributed by atoms with Gasteiger partial charge in [0.25, 0.3) is 5.91 Å². The molecule has 0 heterocycles. The molecule has 0 radical (unpaired) electrons. The second-order valence-corrected chi connectivity index (χ2v) is 5.61. The first kappa shape index (κ1) is 15.6. The minimum atomic E-state index is -0.0680. The number of carbonyl (C=O) groups is 1. The van der Waals surface area contributed by atoms with Crippen LogP contribution >= 0.6 is 15.9 Å². The second kappa shape index (κ2) is 7.84. The molecule has 0 fully saturated rings. The topological polar surface area (TPSA) is 38.3 Å². The van der Waals surface area contributed by atoms with Crippen LogP contribution < -0.4 is 10.1 Å². The van der Waals surface area contributed by atoms with Gasteiger partial charge in [0.2, 0.25) is 0 Å². The summed E-state index contributed by atoms with van der Waals surface area (Å²) in [4.78, 5) is 12.0. The smallest absolute Gasteiger partial charge is 0.252 e. The Morgan fingerprint density at radius 2 is 1.95 bits per heavy atom. The molecule has 0 saturated carbocycles. The fourth-order valence-electron chi connectivity index (χ4n) is 1.88. The lowest BCUT2D eigenvalue weighted by molar-refractivity contribution is 0.0951. The summed E-state index contributed by atoms with van der Waals surface area (Å²) in [5, 5.41) is 2.90. The van der Waals surface area contributed by atoms with E-state index in [4.69, 9.17) is 4.74 Å². The van der Waals surface area contributed by atoms with Crippen molar-refractivity contribution in [3.63, 3.8) is 0 Å². The fourth-order valence-corrected chi connectivity index (χ4v) is 2.55. The molecule has 0 unspecified atom stereocenters. The molecule has 2 aromatic rings. The molecule has 0 atom stereocenters. The lowest BCUT2D eigenvalue weighted by atomic mass is 10.1. The Hall–Kier alpha value is -1.81. The summed E-state index contributed by atoms with van der Waals surface area (Å²) in [6, 6.07) is 15.4. The third-order valence-corrected chi connectivity index (χ3v) is 3.64. The Labute approximate surface area is 133 Å². The number of hydrogen-bond acceptors (Lipinski definition) is 2. The number of carbonyl (C=O) groups excluding carboxylic acids is 1. The largest absolute Gasteiger partial charge is 0.494 e. The van der Waals surface area contributed by atoms with Crippen LogP contribution in [0.25, 0.3) is 0 Å². The average molecular weight is 348 g/mol. The second-order valence-electron chi connectivity index (χ2n) is 4.75. The molecule has 110 valence electrons. The van der Waals surface area contributed by atoms with Gasteiger partial charge in [-0.05, 0) is 59.1 Å². The lowest BCUT2D eigenvalue weighted by Crippen LogP contribution is -2.25. The normalized spacial score (nSPS) is 10.2. The SMILES string of the molecule is Cc1ccc(C(=O)NCCCOc2ccccc2)c(Br)c1. The highest BCUT2D eigenvalue weighted by atomic mass is 79.9. The van der Waals surface area contributed by atoms with Gasteiger partial charge >= 0.3 is 0 Å². The number of benzene rings is 2. The van der Waals surface area contributed by atoms with Crippen LogP contribution in [-0.4, -0.2) is 19.1 Å². The van der Waals surface area contributed by atoms with Crippen molar-refractivity contribution >= 4 is 21.8 Å². The fraction of sp³-hybridized carbons (Fsp3) is 0.235. The van der Waals surface area contributed by atoms with Crippen LogP contribution in [0.15, 0.2) is 53.0 Å². The highest BCUT2D eigenvalue weighted by Gasteiger charge is 2.08. The molecule has 0 aliphatic rings. The quantitative estimate of drug-likeness (QED) is 0.803. The number of rotatable bonds is 6. The number of halogens is 1. The van der Waals surface area contributed by atoms with E-state index in [1.54, 1.807) is 0 Å². The molecule has 4 heteroatoms. The molecule has 1 amide bonds. The monoisotopic (exact) mass is 347 g/mol. The summed E-state index contributed by atoms with van der Waals surface area (Å²) in [7, 11) is 0. The zero-order chi connectivity index (χ0) is 15.1. The van der Waals surface area contributed by atoms with Crippen molar-refractivity contribution in [2.45, 2.75) is 13.3 Å². The van der Waals surface area contributed by atoms with Gasteiger partial charge in [0, 0.05) is 11.0 Å². The molecule has 0 aliphatic heterocycles. The van der Waals surface area contributed by atoms with Crippen LogP contribution in [0.3, 0.4) is 0 Å². The highest BCUT2D eigenvalue weighted by molar-refractivity contribution is 9.10. The average Bonchev–Trinajstić information content (AvgIpc) is 2.47. The lowest BCUT2D eigenvalue weighted by Gasteiger charge is -2.08. The van der Waals surface area contributed by atoms with E-state index in [1.807, 2.05) is 55.5 Å². The number of nitrogens with one attached hydrogen (secondary N) is 1. The predicted octanol–water partition coefficient (Wildman–Crippen LogP) is 3.96. The standard InChI is InChI=1S/C17H18BrNO2/c1-13-8-9-15(16(18)12-13)17(20)19-10-5-11-21-14-6-3-2-4-7-14/h2-4,6-9,12H,5,10-11H2,1H3,(H,19,20). The summed E-state index contributed by atoms with van der Waals surface area (Å²) < 4.78 is 6.39. The molecule has 2 rings (SSSR count). The summed E-state index contributed by atoms with van der Waals surface area (Å²) in [6.07, 6.45) is 0.768. The van der Waals surface area contributed by atoms with Crippen molar-refractivity contribution in [2.24, 2.45) is 0 Å². The molecule has 0 saturated heterocycles. The molecular formula is C17H18BrNO2. The van der Waals surface area contributed by atoms with Crippen molar-refractivity contribution in [1.82, 2.24) is 5.32 Å². The third kappa shape index (κ3) is 4.90. The zero-order valence-electron chi connectivity index (χ0n) is 11.9. The van der Waals surface area contributed by atoms with Crippen LogP contribution in [0.5, 0.6) is 5.75 Å². The van der Waals surface area contributed by atoms with Gasteiger partial charge in [-0.15, -0.1) is 0 Å². The summed E-state index contributed by atoms with van der Waals surface area (Å²) in [6.45, 7) is 3.17. The third-order valence-electron chi connectivity index (χ3n) is 2.99. The summed E-state index contributed by atoms with van der Waals surface area (Å²) >= 11 is 3.42. The van der Waals surface area contributed by atoms with E-state index in [2.05, 4.69) is 21.2 Å². The first-order valence-electron chi connectivity index (χ1n) is 6.89. The predicted molar refractivity (Wildman–Crippen MR) is 87.8 cm³/mol.